The van der Waals surface area contributed by atoms with Crippen molar-refractivity contribution >= 4 is 27.3 Å². The number of anilines is 3. The van der Waals surface area contributed by atoms with Gasteiger partial charge in [-0.25, -0.2) is 13.4 Å². The highest BCUT2D eigenvalue weighted by atomic mass is 32.2. The molecule has 3 saturated carbocycles. The molecular weight excluding hydrogens is 498 g/mol. The van der Waals surface area contributed by atoms with Gasteiger partial charge in [0.2, 0.25) is 5.95 Å². The molecule has 1 saturated heterocycles. The number of nitrogens with one attached hydrogen (secondary N) is 1. The number of hydrogen-bond acceptors (Lipinski definition) is 8. The molecule has 8 nitrogen and oxygen atoms in total. The van der Waals surface area contributed by atoms with E-state index in [1.165, 1.54) is 12.8 Å². The number of fused-ring (bicyclic) bond motifs is 2. The van der Waals surface area contributed by atoms with Gasteiger partial charge in [0, 0.05) is 28.9 Å². The van der Waals surface area contributed by atoms with Crippen LogP contribution in [0.4, 0.5) is 17.5 Å². The number of aromatic nitrogens is 2. The number of sulfone groups is 1. The molecule has 7 rings (SSSR count). The van der Waals surface area contributed by atoms with Crippen LogP contribution in [-0.4, -0.2) is 66.0 Å². The van der Waals surface area contributed by atoms with Gasteiger partial charge in [0.1, 0.15) is 12.0 Å². The summed E-state index contributed by atoms with van der Waals surface area (Å²) in [4.78, 5) is 14.4. The predicted molar refractivity (Wildman–Crippen MR) is 148 cm³/mol. The van der Waals surface area contributed by atoms with Crippen LogP contribution in [-0.2, 0) is 15.3 Å². The quantitative estimate of drug-likeness (QED) is 0.583. The van der Waals surface area contributed by atoms with Crippen LogP contribution >= 0.6 is 0 Å². The van der Waals surface area contributed by atoms with Crippen LogP contribution in [0.15, 0.2) is 29.3 Å². The third-order valence-electron chi connectivity index (χ3n) is 10.4. The number of rotatable bonds is 5. The van der Waals surface area contributed by atoms with E-state index in [9.17, 15) is 13.5 Å². The minimum absolute atomic E-state index is 0.198. The second-order valence-electron chi connectivity index (χ2n) is 12.8. The Morgan fingerprint density at radius 2 is 1.79 bits per heavy atom. The van der Waals surface area contributed by atoms with Gasteiger partial charge in [-0.3, -0.25) is 0 Å². The maximum absolute atomic E-state index is 13.4. The molecule has 2 spiro atoms. The fourth-order valence-corrected chi connectivity index (χ4v) is 9.74. The van der Waals surface area contributed by atoms with Gasteiger partial charge in [-0.1, -0.05) is 12.8 Å². The summed E-state index contributed by atoms with van der Waals surface area (Å²) in [6, 6.07) is 5.69. The van der Waals surface area contributed by atoms with Crippen LogP contribution in [0.2, 0.25) is 0 Å². The summed E-state index contributed by atoms with van der Waals surface area (Å²) in [6.07, 6.45) is 11.7. The zero-order valence-corrected chi connectivity index (χ0v) is 23.3. The van der Waals surface area contributed by atoms with E-state index < -0.39 is 16.1 Å². The van der Waals surface area contributed by atoms with Crippen molar-refractivity contribution in [2.75, 3.05) is 30.4 Å². The maximum atomic E-state index is 13.4. The van der Waals surface area contributed by atoms with Gasteiger partial charge in [0.15, 0.2) is 9.84 Å². The van der Waals surface area contributed by atoms with E-state index >= 15 is 0 Å². The van der Waals surface area contributed by atoms with Crippen molar-refractivity contribution in [3.63, 3.8) is 0 Å². The molecule has 0 radical (unpaired) electrons. The van der Waals surface area contributed by atoms with Crippen molar-refractivity contribution in [1.82, 2.24) is 14.9 Å². The summed E-state index contributed by atoms with van der Waals surface area (Å²) in [5.41, 5.74) is 2.76. The van der Waals surface area contributed by atoms with E-state index in [-0.39, 0.29) is 16.1 Å². The normalized spacial score (nSPS) is 26.6. The van der Waals surface area contributed by atoms with E-state index in [0.29, 0.717) is 16.9 Å². The average Bonchev–Trinajstić information content (AvgIpc) is 3.44. The minimum atomic E-state index is -3.35. The largest absolute Gasteiger partial charge is 0.373 e. The molecular formula is C29H39N5O3S. The first-order chi connectivity index (χ1) is 18.2. The Hall–Kier alpha value is -2.23. The second kappa shape index (κ2) is 8.63. The molecule has 204 valence electrons. The molecule has 1 unspecified atom stereocenters. The van der Waals surface area contributed by atoms with Crippen molar-refractivity contribution < 1.29 is 13.5 Å². The Labute approximate surface area is 225 Å². The third-order valence-corrected chi connectivity index (χ3v) is 12.5. The summed E-state index contributed by atoms with van der Waals surface area (Å²) in [7, 11) is -1.20. The van der Waals surface area contributed by atoms with Crippen molar-refractivity contribution in [2.45, 2.75) is 99.0 Å². The van der Waals surface area contributed by atoms with Gasteiger partial charge < -0.3 is 20.2 Å². The van der Waals surface area contributed by atoms with Gasteiger partial charge in [-0.15, -0.1) is 0 Å². The summed E-state index contributed by atoms with van der Waals surface area (Å²) >= 11 is 0. The number of benzene rings is 1. The monoisotopic (exact) mass is 537 g/mol. The lowest BCUT2D eigenvalue weighted by Crippen LogP contribution is -2.50. The lowest BCUT2D eigenvalue weighted by atomic mass is 9.63. The number of aryl methyl sites for hydroxylation is 1. The van der Waals surface area contributed by atoms with Gasteiger partial charge in [-0.2, -0.15) is 4.98 Å². The second-order valence-corrected chi connectivity index (χ2v) is 15.0. The third kappa shape index (κ3) is 3.79. The van der Waals surface area contributed by atoms with E-state index in [4.69, 9.17) is 4.98 Å². The molecule has 4 fully saturated rings. The highest BCUT2D eigenvalue weighted by Gasteiger charge is 2.61. The molecule has 2 N–H and O–H groups in total. The van der Waals surface area contributed by atoms with E-state index in [1.807, 2.05) is 19.2 Å². The standard InChI is InChI=1S/C29H39N5O3S/c1-19-15-21(38(36,37)22-16-28(17-22)11-13-33(2)14-12-28)7-8-24(19)31-27-30-18-23-25(32-27)34(20-5-3-4-6-20)26(35)29(23)9-10-29/h7-8,15,18,20,22,26,35H,3-6,9-14,16-17H2,1-2H3,(H,30,31,32). The molecule has 5 aliphatic rings. The fraction of sp³-hybridized carbons (Fsp3) is 0.655. The molecule has 1 atom stereocenters. The number of piperidine rings is 1. The maximum Gasteiger partial charge on any atom is 0.229 e. The van der Waals surface area contributed by atoms with Crippen LogP contribution in [0, 0.1) is 12.3 Å². The topological polar surface area (TPSA) is 98.7 Å². The summed E-state index contributed by atoms with van der Waals surface area (Å²) in [5, 5.41) is 14.3. The molecule has 2 aromatic rings. The molecule has 3 heterocycles. The van der Waals surface area contributed by atoms with Crippen molar-refractivity contribution in [3.8, 4) is 0 Å². The number of nitrogens with zero attached hydrogens (tertiary/aromatic N) is 4. The number of aliphatic hydroxyl groups excluding tert-OH is 1. The molecule has 0 bridgehead atoms. The number of hydrogen-bond donors (Lipinski definition) is 2. The van der Waals surface area contributed by atoms with Gasteiger partial charge in [-0.05, 0) is 108 Å². The first-order valence-electron chi connectivity index (χ1n) is 14.3. The molecule has 0 amide bonds. The van der Waals surface area contributed by atoms with Crippen molar-refractivity contribution in [3.05, 3.63) is 35.5 Å². The molecule has 38 heavy (non-hydrogen) atoms. The first kappa shape index (κ1) is 24.8. The van der Waals surface area contributed by atoms with Gasteiger partial charge >= 0.3 is 0 Å². The van der Waals surface area contributed by atoms with Crippen molar-refractivity contribution in [2.24, 2.45) is 5.41 Å². The van der Waals surface area contributed by atoms with E-state index in [2.05, 4.69) is 27.1 Å². The highest BCUT2D eigenvalue weighted by molar-refractivity contribution is 7.92. The Bertz CT molecular complexity index is 1350. The summed E-state index contributed by atoms with van der Waals surface area (Å²) in [6.45, 7) is 4.06. The van der Waals surface area contributed by atoms with Crippen LogP contribution < -0.4 is 10.2 Å². The molecule has 2 aliphatic heterocycles. The van der Waals surface area contributed by atoms with Crippen molar-refractivity contribution in [1.29, 1.82) is 0 Å². The highest BCUT2D eigenvalue weighted by Crippen LogP contribution is 2.60. The zero-order valence-electron chi connectivity index (χ0n) is 22.5. The SMILES string of the molecule is Cc1cc(S(=O)(=O)C2CC3(CCN(C)CC3)C2)ccc1Nc1ncc2c(n1)N(C1CCCC1)C(O)C21CC1. The van der Waals surface area contributed by atoms with Gasteiger partial charge in [0.05, 0.1) is 10.1 Å². The Kier molecular flexibility index (Phi) is 5.63. The Morgan fingerprint density at radius 3 is 2.45 bits per heavy atom. The van der Waals surface area contributed by atoms with E-state index in [1.54, 1.807) is 12.1 Å². The smallest absolute Gasteiger partial charge is 0.229 e. The van der Waals surface area contributed by atoms with E-state index in [0.717, 1.165) is 87.1 Å². The lowest BCUT2D eigenvalue weighted by Gasteiger charge is -2.51. The Morgan fingerprint density at radius 1 is 1.08 bits per heavy atom. The first-order valence-corrected chi connectivity index (χ1v) is 15.9. The van der Waals surface area contributed by atoms with Crippen LogP contribution in [0.5, 0.6) is 0 Å². The number of likely N-dealkylation sites (tertiary alicyclic amines) is 1. The molecule has 1 aromatic heterocycles. The van der Waals surface area contributed by atoms with Crippen LogP contribution in [0.25, 0.3) is 0 Å². The minimum Gasteiger partial charge on any atom is -0.373 e. The number of aliphatic hydroxyl groups is 1. The molecule has 3 aliphatic carbocycles. The summed E-state index contributed by atoms with van der Waals surface area (Å²) < 4.78 is 26.9. The predicted octanol–water partition coefficient (Wildman–Crippen LogP) is 4.29. The summed E-state index contributed by atoms with van der Waals surface area (Å²) in [5.74, 6) is 1.35. The molecule has 1 aromatic carbocycles. The van der Waals surface area contributed by atoms with Gasteiger partial charge in [0.25, 0.3) is 0 Å². The zero-order chi connectivity index (χ0) is 26.3. The lowest BCUT2D eigenvalue weighted by molar-refractivity contribution is 0.0465. The molecule has 9 heteroatoms. The van der Waals surface area contributed by atoms with Crippen LogP contribution in [0.1, 0.15) is 75.3 Å². The Balaban J connectivity index is 1.09. The fourth-order valence-electron chi connectivity index (χ4n) is 7.61. The van der Waals surface area contributed by atoms with Crippen LogP contribution in [0.3, 0.4) is 0 Å². The average molecular weight is 538 g/mol.